The summed E-state index contributed by atoms with van der Waals surface area (Å²) in [6.45, 7) is 8.49. The minimum atomic E-state index is -4.61. The highest BCUT2D eigenvalue weighted by atomic mass is 32.2. The summed E-state index contributed by atoms with van der Waals surface area (Å²) >= 11 is 1.26. The molecule has 0 fully saturated rings. The molecule has 0 spiro atoms. The molecule has 0 aliphatic heterocycles. The van der Waals surface area contributed by atoms with Crippen LogP contribution in [0.4, 0.5) is 29.3 Å². The Morgan fingerprint density at radius 1 is 1.13 bits per heavy atom. The topological polar surface area (TPSA) is 93.5 Å². The number of nitrogens with one attached hydrogen (secondary N) is 2. The number of halogens is 3. The molecule has 7 nitrogen and oxygen atoms in total. The quantitative estimate of drug-likeness (QED) is 0.590. The number of thioether (sulfide) groups is 1. The zero-order valence-corrected chi connectivity index (χ0v) is 18.6. The van der Waals surface area contributed by atoms with Gasteiger partial charge in [0.05, 0.1) is 28.4 Å². The summed E-state index contributed by atoms with van der Waals surface area (Å²) in [6, 6.07) is 2.65. The van der Waals surface area contributed by atoms with Crippen LogP contribution in [0.15, 0.2) is 22.7 Å². The van der Waals surface area contributed by atoms with E-state index in [0.29, 0.717) is 17.2 Å². The second-order valence-corrected chi connectivity index (χ2v) is 8.71. The summed E-state index contributed by atoms with van der Waals surface area (Å²) < 4.78 is 49.5. The third kappa shape index (κ3) is 7.50. The van der Waals surface area contributed by atoms with Crippen molar-refractivity contribution in [1.82, 2.24) is 5.16 Å². The Bertz CT molecular complexity index is 933. The maximum absolute atomic E-state index is 13.1. The van der Waals surface area contributed by atoms with Gasteiger partial charge >= 0.3 is 12.3 Å². The molecule has 0 bridgehead atoms. The van der Waals surface area contributed by atoms with Crippen LogP contribution < -0.4 is 10.6 Å². The molecule has 1 aromatic heterocycles. The standard InChI is InChI=1S/C20H24F3N3O4S/c1-11-14(12(2)30-26-11)9-31-10-17(27)24-16-8-13(20(21,22)23)6-7-15(16)25-18(28)29-19(3,4)5/h6-8H,9-10H2,1-5H3,(H,24,27)(H,25,28). The van der Waals surface area contributed by atoms with Gasteiger partial charge in [0.2, 0.25) is 5.91 Å². The molecule has 0 aliphatic carbocycles. The number of hydrogen-bond donors (Lipinski definition) is 2. The molecule has 2 aromatic rings. The summed E-state index contributed by atoms with van der Waals surface area (Å²) in [4.78, 5) is 24.4. The second kappa shape index (κ2) is 9.63. The number of rotatable bonds is 6. The van der Waals surface area contributed by atoms with Gasteiger partial charge in [-0.3, -0.25) is 10.1 Å². The minimum Gasteiger partial charge on any atom is -0.444 e. The largest absolute Gasteiger partial charge is 0.444 e. The van der Waals surface area contributed by atoms with Crippen molar-refractivity contribution >= 4 is 35.1 Å². The number of amides is 2. The molecule has 2 amide bonds. The molecule has 11 heteroatoms. The number of ether oxygens (including phenoxy) is 1. The molecule has 0 saturated carbocycles. The van der Waals surface area contributed by atoms with Crippen LogP contribution in [0.2, 0.25) is 0 Å². The lowest BCUT2D eigenvalue weighted by Gasteiger charge is -2.21. The van der Waals surface area contributed by atoms with Gasteiger partial charge in [-0.25, -0.2) is 4.79 Å². The van der Waals surface area contributed by atoms with Gasteiger partial charge < -0.3 is 14.6 Å². The smallest absolute Gasteiger partial charge is 0.416 e. The fourth-order valence-corrected chi connectivity index (χ4v) is 3.46. The average molecular weight is 459 g/mol. The highest BCUT2D eigenvalue weighted by Crippen LogP contribution is 2.34. The van der Waals surface area contributed by atoms with Crippen LogP contribution in [0.5, 0.6) is 0 Å². The first-order valence-corrected chi connectivity index (χ1v) is 10.4. The van der Waals surface area contributed by atoms with Gasteiger partial charge in [-0.05, 0) is 52.8 Å². The van der Waals surface area contributed by atoms with Crippen molar-refractivity contribution in [2.75, 3.05) is 16.4 Å². The molecular formula is C20H24F3N3O4S. The predicted octanol–water partition coefficient (Wildman–Crippen LogP) is 5.53. The number of aryl methyl sites for hydroxylation is 2. The molecule has 1 aromatic carbocycles. The number of aromatic nitrogens is 1. The minimum absolute atomic E-state index is 0.00803. The molecule has 0 atom stereocenters. The molecule has 0 aliphatic rings. The summed E-state index contributed by atoms with van der Waals surface area (Å²) in [5, 5.41) is 8.64. The number of benzene rings is 1. The molecule has 2 rings (SSSR count). The van der Waals surface area contributed by atoms with Crippen LogP contribution in [0, 0.1) is 13.8 Å². The Morgan fingerprint density at radius 3 is 2.35 bits per heavy atom. The summed E-state index contributed by atoms with van der Waals surface area (Å²) in [5.74, 6) is 0.558. The number of carbonyl (C=O) groups is 2. The van der Waals surface area contributed by atoms with Gasteiger partial charge in [0.1, 0.15) is 11.4 Å². The van der Waals surface area contributed by atoms with Crippen molar-refractivity contribution in [3.63, 3.8) is 0 Å². The van der Waals surface area contributed by atoms with Gasteiger partial charge in [-0.15, -0.1) is 11.8 Å². The first-order valence-electron chi connectivity index (χ1n) is 9.27. The van der Waals surface area contributed by atoms with E-state index >= 15 is 0 Å². The lowest BCUT2D eigenvalue weighted by Crippen LogP contribution is -2.27. The zero-order chi connectivity index (χ0) is 23.4. The van der Waals surface area contributed by atoms with E-state index in [2.05, 4.69) is 15.8 Å². The van der Waals surface area contributed by atoms with E-state index in [1.54, 1.807) is 34.6 Å². The number of carbonyl (C=O) groups excluding carboxylic acids is 2. The Morgan fingerprint density at radius 2 is 1.81 bits per heavy atom. The van der Waals surface area contributed by atoms with E-state index in [4.69, 9.17) is 9.26 Å². The van der Waals surface area contributed by atoms with E-state index in [0.717, 1.165) is 23.8 Å². The van der Waals surface area contributed by atoms with Crippen molar-refractivity contribution in [1.29, 1.82) is 0 Å². The van der Waals surface area contributed by atoms with Crippen LogP contribution in [-0.2, 0) is 21.5 Å². The number of alkyl halides is 3. The number of anilines is 2. The molecule has 170 valence electrons. The van der Waals surface area contributed by atoms with Gasteiger partial charge in [-0.1, -0.05) is 5.16 Å². The van der Waals surface area contributed by atoms with Gasteiger partial charge in [0, 0.05) is 11.3 Å². The van der Waals surface area contributed by atoms with E-state index in [9.17, 15) is 22.8 Å². The zero-order valence-electron chi connectivity index (χ0n) is 17.8. The van der Waals surface area contributed by atoms with Crippen molar-refractivity contribution in [3.05, 3.63) is 40.8 Å². The first kappa shape index (κ1) is 24.6. The van der Waals surface area contributed by atoms with E-state index in [1.807, 2.05) is 0 Å². The summed E-state index contributed by atoms with van der Waals surface area (Å²) in [6.07, 6.45) is -5.46. The predicted molar refractivity (Wildman–Crippen MR) is 112 cm³/mol. The molecule has 0 radical (unpaired) electrons. The third-order valence-electron chi connectivity index (χ3n) is 3.92. The van der Waals surface area contributed by atoms with Crippen molar-refractivity contribution < 1.29 is 32.0 Å². The Hall–Kier alpha value is -2.69. The SMILES string of the molecule is Cc1noc(C)c1CSCC(=O)Nc1cc(C(F)(F)F)ccc1NC(=O)OC(C)(C)C. The highest BCUT2D eigenvalue weighted by molar-refractivity contribution is 7.99. The highest BCUT2D eigenvalue weighted by Gasteiger charge is 2.31. The monoisotopic (exact) mass is 459 g/mol. The van der Waals surface area contributed by atoms with E-state index < -0.39 is 29.3 Å². The lowest BCUT2D eigenvalue weighted by atomic mass is 10.1. The Labute approximate surface area is 182 Å². The van der Waals surface area contributed by atoms with Crippen LogP contribution in [0.1, 0.15) is 43.4 Å². The molecule has 0 unspecified atom stereocenters. The normalized spacial score (nSPS) is 11.9. The number of nitrogens with zero attached hydrogens (tertiary/aromatic N) is 1. The maximum Gasteiger partial charge on any atom is 0.416 e. The van der Waals surface area contributed by atoms with Crippen molar-refractivity contribution in [2.24, 2.45) is 0 Å². The molecule has 31 heavy (non-hydrogen) atoms. The van der Waals surface area contributed by atoms with Gasteiger partial charge in [-0.2, -0.15) is 13.2 Å². The van der Waals surface area contributed by atoms with Crippen LogP contribution in [-0.4, -0.2) is 28.5 Å². The van der Waals surface area contributed by atoms with Crippen LogP contribution in [0.3, 0.4) is 0 Å². The maximum atomic E-state index is 13.1. The Balaban J connectivity index is 2.11. The summed E-state index contributed by atoms with van der Waals surface area (Å²) in [5.41, 5.74) is -0.360. The van der Waals surface area contributed by atoms with E-state index in [-0.39, 0.29) is 17.1 Å². The third-order valence-corrected chi connectivity index (χ3v) is 4.88. The molecular weight excluding hydrogens is 435 g/mol. The first-order chi connectivity index (χ1) is 14.3. The molecule has 0 saturated heterocycles. The second-order valence-electron chi connectivity index (χ2n) is 7.73. The summed E-state index contributed by atoms with van der Waals surface area (Å²) in [7, 11) is 0. The van der Waals surface area contributed by atoms with Crippen LogP contribution >= 0.6 is 11.8 Å². The Kier molecular flexibility index (Phi) is 7.63. The van der Waals surface area contributed by atoms with Crippen molar-refractivity contribution in [3.8, 4) is 0 Å². The molecule has 1 heterocycles. The average Bonchev–Trinajstić information content (AvgIpc) is 2.92. The fraction of sp³-hybridized carbons (Fsp3) is 0.450. The van der Waals surface area contributed by atoms with E-state index in [1.165, 1.54) is 11.8 Å². The lowest BCUT2D eigenvalue weighted by molar-refractivity contribution is -0.137. The van der Waals surface area contributed by atoms with Crippen LogP contribution in [0.25, 0.3) is 0 Å². The molecule has 2 N–H and O–H groups in total. The van der Waals surface area contributed by atoms with Gasteiger partial charge in [0.15, 0.2) is 0 Å². The fourth-order valence-electron chi connectivity index (χ4n) is 2.49. The van der Waals surface area contributed by atoms with Gasteiger partial charge in [0.25, 0.3) is 0 Å². The number of hydrogen-bond acceptors (Lipinski definition) is 6. The van der Waals surface area contributed by atoms with Crippen molar-refractivity contribution in [2.45, 2.75) is 52.1 Å².